The number of hydrogen-bond acceptors (Lipinski definition) is 7. The summed E-state index contributed by atoms with van der Waals surface area (Å²) in [5, 5.41) is 14.9. The first kappa shape index (κ1) is 21.4. The van der Waals surface area contributed by atoms with Crippen LogP contribution in [-0.4, -0.2) is 37.5 Å². The van der Waals surface area contributed by atoms with E-state index < -0.39 is 15.9 Å². The number of rotatable bonds is 5. The second-order valence-corrected chi connectivity index (χ2v) is 8.71. The molecule has 0 aliphatic carbocycles. The quantitative estimate of drug-likeness (QED) is 0.640. The number of hydrogen-bond donors (Lipinski definition) is 3. The van der Waals surface area contributed by atoms with Gasteiger partial charge < -0.3 is 20.5 Å². The van der Waals surface area contributed by atoms with Gasteiger partial charge in [-0.15, -0.1) is 4.40 Å². The van der Waals surface area contributed by atoms with Gasteiger partial charge in [-0.05, 0) is 59.8 Å². The van der Waals surface area contributed by atoms with E-state index in [1.165, 1.54) is 44.4 Å². The number of amides is 2. The molecule has 2 aromatic rings. The van der Waals surface area contributed by atoms with Gasteiger partial charge in [0.25, 0.3) is 15.9 Å². The highest BCUT2D eigenvalue weighted by atomic mass is 32.2. The van der Waals surface area contributed by atoms with E-state index in [-0.39, 0.29) is 27.3 Å². The molecule has 9 nitrogen and oxygen atoms in total. The van der Waals surface area contributed by atoms with Crippen LogP contribution in [0.5, 0.6) is 11.5 Å². The Morgan fingerprint density at radius 1 is 1.23 bits per heavy atom. The number of sulfonamides is 1. The van der Waals surface area contributed by atoms with Gasteiger partial charge in [-0.3, -0.25) is 9.59 Å². The summed E-state index contributed by atoms with van der Waals surface area (Å²) in [6.45, 7) is 1.34. The predicted molar refractivity (Wildman–Crippen MR) is 114 cm³/mol. The second kappa shape index (κ2) is 8.59. The molecular weight excluding hydrogens is 430 g/mol. The van der Waals surface area contributed by atoms with E-state index in [9.17, 15) is 23.1 Å². The third kappa shape index (κ3) is 4.99. The van der Waals surface area contributed by atoms with Gasteiger partial charge in [0.1, 0.15) is 0 Å². The molecule has 156 valence electrons. The predicted octanol–water partition coefficient (Wildman–Crippen LogP) is 2.31. The van der Waals surface area contributed by atoms with Crippen molar-refractivity contribution >= 4 is 50.4 Å². The smallest absolute Gasteiger partial charge is 0.283 e. The van der Waals surface area contributed by atoms with Gasteiger partial charge in [-0.1, -0.05) is 6.07 Å². The molecule has 3 N–H and O–H groups in total. The Kier molecular flexibility index (Phi) is 6.13. The summed E-state index contributed by atoms with van der Waals surface area (Å²) >= 11 is 0.875. The van der Waals surface area contributed by atoms with Crippen molar-refractivity contribution in [3.8, 4) is 11.5 Å². The highest BCUT2D eigenvalue weighted by Gasteiger charge is 2.27. The van der Waals surface area contributed by atoms with Crippen LogP contribution in [0.1, 0.15) is 12.5 Å². The fourth-order valence-corrected chi connectivity index (χ4v) is 4.50. The van der Waals surface area contributed by atoms with E-state index in [0.717, 1.165) is 11.8 Å². The zero-order valence-electron chi connectivity index (χ0n) is 15.9. The van der Waals surface area contributed by atoms with Crippen LogP contribution in [-0.2, 0) is 19.6 Å². The molecule has 1 heterocycles. The highest BCUT2D eigenvalue weighted by molar-refractivity contribution is 8.20. The van der Waals surface area contributed by atoms with Crippen molar-refractivity contribution in [1.29, 1.82) is 0 Å². The first-order valence-corrected chi connectivity index (χ1v) is 10.7. The van der Waals surface area contributed by atoms with Crippen LogP contribution in [0, 0.1) is 0 Å². The highest BCUT2D eigenvalue weighted by Crippen LogP contribution is 2.30. The zero-order chi connectivity index (χ0) is 21.9. The number of ether oxygens (including phenoxy) is 1. The van der Waals surface area contributed by atoms with Gasteiger partial charge in [0.05, 0.1) is 17.0 Å². The lowest BCUT2D eigenvalue weighted by molar-refractivity contribution is -0.114. The molecule has 2 aromatic carbocycles. The number of carbonyl (C=O) groups is 2. The normalized spacial score (nSPS) is 16.5. The van der Waals surface area contributed by atoms with Crippen LogP contribution in [0.2, 0.25) is 0 Å². The molecule has 0 saturated carbocycles. The SMILES string of the molecule is COc1cc(/C=C2\NC(=O)/C(=N\S(=O)(=O)c3ccc(NC(C)=O)cc3)S2)ccc1O. The van der Waals surface area contributed by atoms with Gasteiger partial charge in [0.2, 0.25) is 5.91 Å². The zero-order valence-corrected chi connectivity index (χ0v) is 17.5. The van der Waals surface area contributed by atoms with Crippen molar-refractivity contribution in [3.63, 3.8) is 0 Å². The van der Waals surface area contributed by atoms with Crippen molar-refractivity contribution in [2.24, 2.45) is 4.40 Å². The Bertz CT molecular complexity index is 1170. The van der Waals surface area contributed by atoms with E-state index in [1.54, 1.807) is 18.2 Å². The summed E-state index contributed by atoms with van der Waals surface area (Å²) < 4.78 is 33.7. The minimum Gasteiger partial charge on any atom is -0.504 e. The molecule has 3 rings (SSSR count). The molecule has 1 saturated heterocycles. The van der Waals surface area contributed by atoms with Crippen molar-refractivity contribution in [2.45, 2.75) is 11.8 Å². The average Bonchev–Trinajstić information content (AvgIpc) is 3.01. The fraction of sp³-hybridized carbons (Fsp3) is 0.105. The van der Waals surface area contributed by atoms with E-state index in [4.69, 9.17) is 4.74 Å². The molecule has 0 unspecified atom stereocenters. The molecule has 0 atom stereocenters. The van der Waals surface area contributed by atoms with Gasteiger partial charge in [-0.2, -0.15) is 8.42 Å². The summed E-state index contributed by atoms with van der Waals surface area (Å²) in [6.07, 6.45) is 1.60. The molecular formula is C19H17N3O6S2. The summed E-state index contributed by atoms with van der Waals surface area (Å²) in [6, 6.07) is 10.1. The molecule has 0 bridgehead atoms. The summed E-state index contributed by atoms with van der Waals surface area (Å²) in [5.74, 6) is -0.690. The van der Waals surface area contributed by atoms with Crippen molar-refractivity contribution in [3.05, 3.63) is 53.1 Å². The molecule has 30 heavy (non-hydrogen) atoms. The first-order valence-electron chi connectivity index (χ1n) is 8.48. The Labute approximate surface area is 176 Å². The van der Waals surface area contributed by atoms with Crippen LogP contribution in [0.4, 0.5) is 5.69 Å². The molecule has 2 amide bonds. The number of thioether (sulfide) groups is 1. The van der Waals surface area contributed by atoms with Crippen LogP contribution in [0.3, 0.4) is 0 Å². The largest absolute Gasteiger partial charge is 0.504 e. The Morgan fingerprint density at radius 3 is 2.57 bits per heavy atom. The number of phenolic OH excluding ortho intramolecular Hbond substituents is 1. The van der Waals surface area contributed by atoms with E-state index in [0.29, 0.717) is 16.3 Å². The lowest BCUT2D eigenvalue weighted by Gasteiger charge is -2.04. The van der Waals surface area contributed by atoms with Crippen molar-refractivity contribution < 1.29 is 27.9 Å². The minimum absolute atomic E-state index is 0.0272. The van der Waals surface area contributed by atoms with Gasteiger partial charge in [0, 0.05) is 12.6 Å². The number of methoxy groups -OCH3 is 1. The van der Waals surface area contributed by atoms with Crippen LogP contribution < -0.4 is 15.4 Å². The molecule has 1 fully saturated rings. The Hall–Kier alpha value is -3.31. The fourth-order valence-electron chi connectivity index (χ4n) is 2.48. The molecule has 1 aliphatic rings. The molecule has 1 aliphatic heterocycles. The first-order chi connectivity index (χ1) is 14.2. The molecule has 11 heteroatoms. The maximum Gasteiger partial charge on any atom is 0.283 e. The topological polar surface area (TPSA) is 134 Å². The maximum absolute atomic E-state index is 12.5. The molecule has 0 aromatic heterocycles. The van der Waals surface area contributed by atoms with Crippen LogP contribution in [0.15, 0.2) is 56.8 Å². The average molecular weight is 447 g/mol. The van der Waals surface area contributed by atoms with Gasteiger partial charge in [0.15, 0.2) is 16.5 Å². The number of benzene rings is 2. The van der Waals surface area contributed by atoms with E-state index >= 15 is 0 Å². The number of nitrogens with zero attached hydrogens (tertiary/aromatic N) is 1. The van der Waals surface area contributed by atoms with Crippen LogP contribution in [0.25, 0.3) is 6.08 Å². The van der Waals surface area contributed by atoms with E-state index in [1.807, 2.05) is 0 Å². The van der Waals surface area contributed by atoms with Gasteiger partial charge >= 0.3 is 0 Å². The van der Waals surface area contributed by atoms with Crippen molar-refractivity contribution in [2.75, 3.05) is 12.4 Å². The number of aromatic hydroxyl groups is 1. The summed E-state index contributed by atoms with van der Waals surface area (Å²) in [5.41, 5.74) is 1.07. The monoisotopic (exact) mass is 447 g/mol. The number of carbonyl (C=O) groups excluding carboxylic acids is 2. The Morgan fingerprint density at radius 2 is 1.93 bits per heavy atom. The maximum atomic E-state index is 12.5. The summed E-state index contributed by atoms with van der Waals surface area (Å²) in [4.78, 5) is 23.1. The summed E-state index contributed by atoms with van der Waals surface area (Å²) in [7, 11) is -2.71. The number of nitrogens with one attached hydrogen (secondary N) is 2. The van der Waals surface area contributed by atoms with Gasteiger partial charge in [-0.25, -0.2) is 0 Å². The van der Waals surface area contributed by atoms with E-state index in [2.05, 4.69) is 15.0 Å². The third-order valence-electron chi connectivity index (χ3n) is 3.81. The minimum atomic E-state index is -4.12. The lowest BCUT2D eigenvalue weighted by atomic mass is 10.2. The third-order valence-corrected chi connectivity index (χ3v) is 6.13. The standard InChI is InChI=1S/C19H17N3O6S2/c1-11(23)20-13-4-6-14(7-5-13)30(26,27)22-19-18(25)21-17(29-19)10-12-3-8-15(24)16(9-12)28-2/h3-10,24H,1-2H3,(H,20,23)(H,21,25)/b17-10+,22-19+. The number of anilines is 1. The molecule has 0 radical (unpaired) electrons. The Balaban J connectivity index is 1.82. The van der Waals surface area contributed by atoms with Crippen LogP contribution >= 0.6 is 11.8 Å². The molecule has 0 spiro atoms. The van der Waals surface area contributed by atoms with Crippen molar-refractivity contribution in [1.82, 2.24) is 5.32 Å². The second-order valence-electron chi connectivity index (χ2n) is 6.07. The lowest BCUT2D eigenvalue weighted by Crippen LogP contribution is -2.19. The number of phenols is 1.